The van der Waals surface area contributed by atoms with Crippen molar-refractivity contribution in [1.29, 1.82) is 0 Å². The molecule has 11 heavy (non-hydrogen) atoms. The molecule has 1 atom stereocenters. The minimum absolute atomic E-state index is 0.184. The van der Waals surface area contributed by atoms with Gasteiger partial charge in [0.05, 0.1) is 5.25 Å². The van der Waals surface area contributed by atoms with Crippen LogP contribution in [0.15, 0.2) is 0 Å². The zero-order valence-electron chi connectivity index (χ0n) is 5.83. The van der Waals surface area contributed by atoms with E-state index >= 15 is 0 Å². The lowest BCUT2D eigenvalue weighted by atomic mass is 10.3. The maximum Gasteiger partial charge on any atom is 0.233 e. The fraction of sp³-hybridized carbons (Fsp3) is 0.667. The summed E-state index contributed by atoms with van der Waals surface area (Å²) in [4.78, 5) is 21.0. The Hall–Kier alpha value is -0.710. The van der Waals surface area contributed by atoms with Crippen molar-refractivity contribution in [3.05, 3.63) is 0 Å². The number of carboxylic acids is 1. The number of aliphatic carboxylic acids is 1. The molecule has 1 amide bonds. The monoisotopic (exact) mass is 174 g/mol. The van der Waals surface area contributed by atoms with Crippen LogP contribution in [0.25, 0.3) is 0 Å². The summed E-state index contributed by atoms with van der Waals surface area (Å²) in [6.07, 6.45) is -0.184. The first kappa shape index (κ1) is 8.39. The summed E-state index contributed by atoms with van der Waals surface area (Å²) in [6.45, 7) is 0.632. The fourth-order valence-corrected chi connectivity index (χ4v) is 1.86. The number of carbonyl (C=O) groups is 2. The molecular formula is C6H8NO3S-. The summed E-state index contributed by atoms with van der Waals surface area (Å²) in [7, 11) is 0. The molecule has 0 aliphatic carbocycles. The van der Waals surface area contributed by atoms with Crippen LogP contribution in [0.5, 0.6) is 0 Å². The molecule has 0 radical (unpaired) electrons. The zero-order chi connectivity index (χ0) is 8.27. The maximum absolute atomic E-state index is 10.9. The maximum atomic E-state index is 10.9. The van der Waals surface area contributed by atoms with Gasteiger partial charge in [-0.25, -0.2) is 0 Å². The molecular weight excluding hydrogens is 166 g/mol. The molecule has 1 fully saturated rings. The third kappa shape index (κ3) is 2.42. The molecule has 0 saturated carbocycles. The molecule has 1 N–H and O–H groups in total. The van der Waals surface area contributed by atoms with Crippen LogP contribution in [0.4, 0.5) is 0 Å². The number of amides is 1. The van der Waals surface area contributed by atoms with Gasteiger partial charge < -0.3 is 15.2 Å². The lowest BCUT2D eigenvalue weighted by Crippen LogP contribution is -2.42. The summed E-state index contributed by atoms with van der Waals surface area (Å²) in [5.74, 6) is -0.575. The van der Waals surface area contributed by atoms with E-state index in [-0.39, 0.29) is 12.3 Å². The van der Waals surface area contributed by atoms with Crippen LogP contribution < -0.4 is 10.4 Å². The minimum Gasteiger partial charge on any atom is -0.550 e. The lowest BCUT2D eigenvalue weighted by Gasteiger charge is -2.21. The average Bonchev–Trinajstić information content (AvgIpc) is 1.93. The van der Waals surface area contributed by atoms with Crippen molar-refractivity contribution in [2.45, 2.75) is 11.7 Å². The molecule has 1 rings (SSSR count). The largest absolute Gasteiger partial charge is 0.550 e. The van der Waals surface area contributed by atoms with E-state index in [1.54, 1.807) is 0 Å². The number of carbonyl (C=O) groups excluding carboxylic acids is 2. The predicted molar refractivity (Wildman–Crippen MR) is 38.9 cm³/mol. The second-order valence-corrected chi connectivity index (χ2v) is 3.54. The van der Waals surface area contributed by atoms with E-state index in [0.29, 0.717) is 6.54 Å². The topological polar surface area (TPSA) is 69.2 Å². The molecule has 0 bridgehead atoms. The number of nitrogens with one attached hydrogen (secondary N) is 1. The second-order valence-electron chi connectivity index (χ2n) is 2.23. The summed E-state index contributed by atoms with van der Waals surface area (Å²) in [5, 5.41) is 12.2. The molecule has 0 unspecified atom stereocenters. The normalized spacial score (nSPS) is 24.4. The standard InChI is InChI=1S/C6H9NO3S/c8-5(9)3-4-6(10)7-1-2-11-4/h4H,1-3H2,(H,7,10)(H,8,9)/p-1/t4-/m0/s1. The highest BCUT2D eigenvalue weighted by Gasteiger charge is 2.21. The van der Waals surface area contributed by atoms with E-state index in [2.05, 4.69) is 5.32 Å². The van der Waals surface area contributed by atoms with Crippen molar-refractivity contribution in [2.24, 2.45) is 0 Å². The molecule has 1 aliphatic heterocycles. The molecule has 62 valence electrons. The third-order valence-electron chi connectivity index (χ3n) is 1.36. The summed E-state index contributed by atoms with van der Waals surface area (Å²) < 4.78 is 0. The number of rotatable bonds is 2. The van der Waals surface area contributed by atoms with E-state index < -0.39 is 11.2 Å². The Morgan fingerprint density at radius 2 is 2.55 bits per heavy atom. The molecule has 1 saturated heterocycles. The first-order valence-corrected chi connectivity index (χ1v) is 4.34. The number of hydrogen-bond donors (Lipinski definition) is 1. The quantitative estimate of drug-likeness (QED) is 0.545. The average molecular weight is 174 g/mol. The number of carboxylic acid groups (broad SMARTS) is 1. The van der Waals surface area contributed by atoms with Gasteiger partial charge in [0.2, 0.25) is 5.91 Å². The van der Waals surface area contributed by atoms with Crippen LogP contribution in [-0.2, 0) is 9.59 Å². The smallest absolute Gasteiger partial charge is 0.233 e. The molecule has 5 heteroatoms. The van der Waals surface area contributed by atoms with Crippen LogP contribution >= 0.6 is 11.8 Å². The first-order chi connectivity index (χ1) is 5.20. The van der Waals surface area contributed by atoms with Gasteiger partial charge >= 0.3 is 0 Å². The van der Waals surface area contributed by atoms with E-state index in [0.717, 1.165) is 5.75 Å². The Labute approximate surface area is 68.3 Å². The Morgan fingerprint density at radius 1 is 1.82 bits per heavy atom. The summed E-state index contributed by atoms with van der Waals surface area (Å²) >= 11 is 1.37. The van der Waals surface area contributed by atoms with Gasteiger partial charge in [-0.15, -0.1) is 11.8 Å². The highest BCUT2D eigenvalue weighted by molar-refractivity contribution is 8.00. The molecule has 0 spiro atoms. The molecule has 0 aromatic heterocycles. The van der Waals surface area contributed by atoms with Crippen molar-refractivity contribution >= 4 is 23.6 Å². The zero-order valence-corrected chi connectivity index (χ0v) is 6.65. The molecule has 1 aliphatic rings. The van der Waals surface area contributed by atoms with Gasteiger partial charge in [0.25, 0.3) is 0 Å². The molecule has 0 aromatic carbocycles. The third-order valence-corrected chi connectivity index (χ3v) is 2.59. The van der Waals surface area contributed by atoms with Gasteiger partial charge in [0, 0.05) is 24.7 Å². The van der Waals surface area contributed by atoms with Gasteiger partial charge in [0.1, 0.15) is 0 Å². The van der Waals surface area contributed by atoms with Gasteiger partial charge in [-0.3, -0.25) is 4.79 Å². The van der Waals surface area contributed by atoms with Gasteiger partial charge in [-0.2, -0.15) is 0 Å². The Kier molecular flexibility index (Phi) is 2.76. The SMILES string of the molecule is O=C([O-])C[C@@H]1SCCNC1=O. The molecule has 4 nitrogen and oxygen atoms in total. The lowest BCUT2D eigenvalue weighted by molar-refractivity contribution is -0.305. The second kappa shape index (κ2) is 3.61. The molecule has 1 heterocycles. The first-order valence-electron chi connectivity index (χ1n) is 3.29. The summed E-state index contributed by atoms with van der Waals surface area (Å²) in [6, 6.07) is 0. The van der Waals surface area contributed by atoms with Crippen LogP contribution in [0, 0.1) is 0 Å². The number of thioether (sulfide) groups is 1. The highest BCUT2D eigenvalue weighted by atomic mass is 32.2. The van der Waals surface area contributed by atoms with E-state index in [1.165, 1.54) is 11.8 Å². The van der Waals surface area contributed by atoms with Crippen molar-refractivity contribution in [1.82, 2.24) is 5.32 Å². The van der Waals surface area contributed by atoms with Crippen LogP contribution in [0.3, 0.4) is 0 Å². The Balaban J connectivity index is 2.42. The Bertz CT molecular complexity index is 183. The highest BCUT2D eigenvalue weighted by Crippen LogP contribution is 2.16. The van der Waals surface area contributed by atoms with Gasteiger partial charge in [0.15, 0.2) is 0 Å². The van der Waals surface area contributed by atoms with Crippen molar-refractivity contribution in [2.75, 3.05) is 12.3 Å². The molecule has 0 aromatic rings. The predicted octanol–water partition coefficient (Wildman–Crippen LogP) is -1.64. The van der Waals surface area contributed by atoms with Crippen molar-refractivity contribution in [3.8, 4) is 0 Å². The van der Waals surface area contributed by atoms with Crippen molar-refractivity contribution < 1.29 is 14.7 Å². The van der Waals surface area contributed by atoms with E-state index in [4.69, 9.17) is 0 Å². The summed E-state index contributed by atoms with van der Waals surface area (Å²) in [5.41, 5.74) is 0. The van der Waals surface area contributed by atoms with Gasteiger partial charge in [-0.05, 0) is 0 Å². The minimum atomic E-state index is -1.17. The Morgan fingerprint density at radius 3 is 3.09 bits per heavy atom. The van der Waals surface area contributed by atoms with Crippen molar-refractivity contribution in [3.63, 3.8) is 0 Å². The van der Waals surface area contributed by atoms with Crippen LogP contribution in [0.2, 0.25) is 0 Å². The fourth-order valence-electron chi connectivity index (χ4n) is 0.868. The van der Waals surface area contributed by atoms with E-state index in [9.17, 15) is 14.7 Å². The van der Waals surface area contributed by atoms with E-state index in [1.807, 2.05) is 0 Å². The van der Waals surface area contributed by atoms with Gasteiger partial charge in [-0.1, -0.05) is 0 Å². The van der Waals surface area contributed by atoms with Crippen LogP contribution in [-0.4, -0.2) is 29.4 Å². The van der Waals surface area contributed by atoms with Crippen LogP contribution in [0.1, 0.15) is 6.42 Å². The number of hydrogen-bond acceptors (Lipinski definition) is 4.